The largest absolute Gasteiger partial charge is 0.494 e. The Morgan fingerprint density at radius 2 is 1.93 bits per heavy atom. The fourth-order valence-corrected chi connectivity index (χ4v) is 7.06. The van der Waals surface area contributed by atoms with E-state index < -0.39 is 5.60 Å². The van der Waals surface area contributed by atoms with Crippen LogP contribution in [-0.2, 0) is 20.1 Å². The number of nitrogens with zero attached hydrogens (tertiary/aromatic N) is 6. The van der Waals surface area contributed by atoms with Crippen molar-refractivity contribution in [3.05, 3.63) is 54.4 Å². The van der Waals surface area contributed by atoms with Gasteiger partial charge < -0.3 is 23.9 Å². The number of carbonyl (C=O) groups excluding carboxylic acids is 1. The highest BCUT2D eigenvalue weighted by Crippen LogP contribution is 2.40. The van der Waals surface area contributed by atoms with Crippen LogP contribution >= 0.6 is 0 Å². The van der Waals surface area contributed by atoms with Gasteiger partial charge in [0.1, 0.15) is 11.3 Å². The summed E-state index contributed by atoms with van der Waals surface area (Å²) in [5.74, 6) is 2.75. The Morgan fingerprint density at radius 1 is 1.11 bits per heavy atom. The molecule has 1 N–H and O–H groups in total. The van der Waals surface area contributed by atoms with E-state index in [1.54, 1.807) is 21.0 Å². The molecule has 0 unspecified atom stereocenters. The molecule has 1 amide bonds. The summed E-state index contributed by atoms with van der Waals surface area (Å²) in [6, 6.07) is 12.5. The summed E-state index contributed by atoms with van der Waals surface area (Å²) in [7, 11) is 3.70. The number of rotatable bonds is 9. The van der Waals surface area contributed by atoms with Gasteiger partial charge >= 0.3 is 0 Å². The highest BCUT2D eigenvalue weighted by Gasteiger charge is 2.29. The molecule has 0 bridgehead atoms. The molecule has 1 atom stereocenters. The lowest BCUT2D eigenvalue weighted by Gasteiger charge is -2.32. The van der Waals surface area contributed by atoms with Gasteiger partial charge in [-0.25, -0.2) is 4.98 Å². The maximum atomic E-state index is 13.7. The number of imidazole rings is 1. The van der Waals surface area contributed by atoms with Crippen LogP contribution in [0.4, 0.5) is 0 Å². The zero-order valence-corrected chi connectivity index (χ0v) is 27.1. The number of piperidine rings is 1. The maximum absolute atomic E-state index is 13.7. The average Bonchev–Trinajstić information content (AvgIpc) is 3.46. The lowest BCUT2D eigenvalue weighted by atomic mass is 9.95. The second-order valence-electron chi connectivity index (χ2n) is 13.8. The summed E-state index contributed by atoms with van der Waals surface area (Å²) in [6.07, 6.45) is 9.68. The van der Waals surface area contributed by atoms with E-state index in [0.717, 1.165) is 77.1 Å². The van der Waals surface area contributed by atoms with Gasteiger partial charge in [-0.05, 0) is 69.6 Å². The number of hydrogen-bond donors (Lipinski definition) is 1. The molecule has 1 saturated carbocycles. The average molecular weight is 609 g/mol. The molecule has 1 aliphatic heterocycles. The van der Waals surface area contributed by atoms with Gasteiger partial charge in [0.15, 0.2) is 5.82 Å². The van der Waals surface area contributed by atoms with Crippen LogP contribution in [-0.4, -0.2) is 65.6 Å². The quantitative estimate of drug-likeness (QED) is 0.206. The second-order valence-corrected chi connectivity index (χ2v) is 13.8. The van der Waals surface area contributed by atoms with Gasteiger partial charge in [-0.3, -0.25) is 9.48 Å². The lowest BCUT2D eigenvalue weighted by molar-refractivity contribution is 0.0577. The van der Waals surface area contributed by atoms with Crippen LogP contribution in [0.5, 0.6) is 5.75 Å². The molecule has 2 aromatic carbocycles. The highest BCUT2D eigenvalue weighted by atomic mass is 16.5. The van der Waals surface area contributed by atoms with Gasteiger partial charge in [-0.2, -0.15) is 5.10 Å². The van der Waals surface area contributed by atoms with Crippen LogP contribution in [0, 0.1) is 11.8 Å². The van der Waals surface area contributed by atoms with E-state index >= 15 is 0 Å². The van der Waals surface area contributed by atoms with Crippen LogP contribution in [0.2, 0.25) is 0 Å². The first-order chi connectivity index (χ1) is 21.6. The Kier molecular flexibility index (Phi) is 7.47. The number of aliphatic hydroxyl groups is 1. The summed E-state index contributed by atoms with van der Waals surface area (Å²) in [5.41, 5.74) is 5.75. The van der Waals surface area contributed by atoms with Crippen molar-refractivity contribution in [3.8, 4) is 28.4 Å². The Bertz CT molecular complexity index is 1890. The minimum Gasteiger partial charge on any atom is -0.494 e. The number of fused-ring (bicyclic) bond motifs is 2. The molecule has 3 aromatic heterocycles. The standard InChI is InChI=1S/C36H44N6O3/c1-6-23-9-8-14-40(19-23)35(43)26-15-29-33(31(17-26)45-5)39(4)34(38-29)30-16-25-10-7-11-28(32(25)42(30)20-24-12-13-24)27-18-37-41(21-27)22-36(2,3)44/h7,10-11,15-18,21,23-24,44H,6,8-9,12-14,19-20,22H2,1-5H3/t23-/m1/s1. The summed E-state index contributed by atoms with van der Waals surface area (Å²) in [4.78, 5) is 20.9. The number of likely N-dealkylation sites (tertiary alicyclic amines) is 1. The van der Waals surface area contributed by atoms with Crippen LogP contribution in [0.1, 0.15) is 63.2 Å². The molecule has 9 nitrogen and oxygen atoms in total. The molecule has 0 radical (unpaired) electrons. The number of hydrogen-bond acceptors (Lipinski definition) is 5. The van der Waals surface area contributed by atoms with Gasteiger partial charge in [0.05, 0.1) is 42.2 Å². The Balaban J connectivity index is 1.34. The molecule has 2 aliphatic rings. The fourth-order valence-electron chi connectivity index (χ4n) is 7.06. The second kappa shape index (κ2) is 11.4. The van der Waals surface area contributed by atoms with Crippen LogP contribution < -0.4 is 4.74 Å². The SMILES string of the molecule is CC[C@@H]1CCCN(C(=O)c2cc(OC)c3c(c2)nc(-c2cc4cccc(-c5cnn(CC(C)(C)O)c5)c4n2CC2CC2)n3C)C1. The summed E-state index contributed by atoms with van der Waals surface area (Å²) in [6.45, 7) is 8.72. The molecule has 0 spiro atoms. The zero-order chi connectivity index (χ0) is 31.5. The van der Waals surface area contributed by atoms with Crippen molar-refractivity contribution in [1.82, 2.24) is 28.8 Å². The molecule has 1 saturated heterocycles. The number of methoxy groups -OCH3 is 1. The van der Waals surface area contributed by atoms with Crippen LogP contribution in [0.25, 0.3) is 44.6 Å². The molecule has 4 heterocycles. The first-order valence-corrected chi connectivity index (χ1v) is 16.3. The molecule has 45 heavy (non-hydrogen) atoms. The lowest BCUT2D eigenvalue weighted by Crippen LogP contribution is -2.39. The van der Waals surface area contributed by atoms with Crippen molar-refractivity contribution in [2.24, 2.45) is 18.9 Å². The number of aromatic nitrogens is 5. The van der Waals surface area contributed by atoms with Gasteiger partial charge in [0, 0.05) is 55.0 Å². The van der Waals surface area contributed by atoms with E-state index in [1.165, 1.54) is 19.3 Å². The van der Waals surface area contributed by atoms with E-state index in [9.17, 15) is 9.90 Å². The van der Waals surface area contributed by atoms with Gasteiger partial charge in [-0.1, -0.05) is 31.5 Å². The zero-order valence-electron chi connectivity index (χ0n) is 27.1. The first-order valence-electron chi connectivity index (χ1n) is 16.3. The van der Waals surface area contributed by atoms with Crippen molar-refractivity contribution < 1.29 is 14.6 Å². The van der Waals surface area contributed by atoms with Crippen LogP contribution in [0.3, 0.4) is 0 Å². The van der Waals surface area contributed by atoms with E-state index in [4.69, 9.17) is 9.72 Å². The van der Waals surface area contributed by atoms with Crippen molar-refractivity contribution in [3.63, 3.8) is 0 Å². The molecule has 7 rings (SSSR count). The number of aryl methyl sites for hydroxylation is 1. The molecule has 236 valence electrons. The Hall–Kier alpha value is -4.11. The molecule has 5 aromatic rings. The first kappa shape index (κ1) is 29.6. The molecular formula is C36H44N6O3. The van der Waals surface area contributed by atoms with Crippen molar-refractivity contribution in [2.75, 3.05) is 20.2 Å². The number of ether oxygens (including phenoxy) is 1. The smallest absolute Gasteiger partial charge is 0.254 e. The number of benzene rings is 2. The molecule has 1 aliphatic carbocycles. The van der Waals surface area contributed by atoms with Gasteiger partial charge in [-0.15, -0.1) is 0 Å². The van der Waals surface area contributed by atoms with Gasteiger partial charge in [0.2, 0.25) is 0 Å². The van der Waals surface area contributed by atoms with Crippen molar-refractivity contribution in [2.45, 2.75) is 71.6 Å². The van der Waals surface area contributed by atoms with Crippen molar-refractivity contribution in [1.29, 1.82) is 0 Å². The van der Waals surface area contributed by atoms with E-state index in [0.29, 0.717) is 29.7 Å². The van der Waals surface area contributed by atoms with Gasteiger partial charge in [0.25, 0.3) is 5.91 Å². The van der Waals surface area contributed by atoms with E-state index in [2.05, 4.69) is 45.4 Å². The topological polar surface area (TPSA) is 90.3 Å². The Morgan fingerprint density at radius 3 is 2.67 bits per heavy atom. The van der Waals surface area contributed by atoms with E-state index in [1.807, 2.05) is 41.2 Å². The molecular weight excluding hydrogens is 564 g/mol. The minimum atomic E-state index is -0.855. The molecule has 9 heteroatoms. The van der Waals surface area contributed by atoms with Crippen molar-refractivity contribution >= 4 is 27.8 Å². The number of carbonyl (C=O) groups is 1. The highest BCUT2D eigenvalue weighted by molar-refractivity contribution is 6.01. The third-order valence-corrected chi connectivity index (χ3v) is 9.56. The third-order valence-electron chi connectivity index (χ3n) is 9.56. The maximum Gasteiger partial charge on any atom is 0.254 e. The van der Waals surface area contributed by atoms with Crippen LogP contribution in [0.15, 0.2) is 48.8 Å². The summed E-state index contributed by atoms with van der Waals surface area (Å²) < 4.78 is 12.2. The van der Waals surface area contributed by atoms with E-state index in [-0.39, 0.29) is 5.91 Å². The Labute approximate surface area is 264 Å². The summed E-state index contributed by atoms with van der Waals surface area (Å²) >= 11 is 0. The molecule has 2 fully saturated rings. The minimum absolute atomic E-state index is 0.0539. The monoisotopic (exact) mass is 608 g/mol. The predicted molar refractivity (Wildman–Crippen MR) is 177 cm³/mol. The predicted octanol–water partition coefficient (Wildman–Crippen LogP) is 6.51. The fraction of sp³-hybridized carbons (Fsp3) is 0.472. The normalized spacial score (nSPS) is 17.5. The number of para-hydroxylation sites is 1. The summed E-state index contributed by atoms with van der Waals surface area (Å²) in [5, 5.41) is 16.1. The number of amides is 1. The third kappa shape index (κ3) is 5.63.